The lowest BCUT2D eigenvalue weighted by Crippen LogP contribution is -2.04. The first-order valence-electron chi connectivity index (χ1n) is 5.63. The fourth-order valence-corrected chi connectivity index (χ4v) is 1.84. The molecular formula is C13H14N4O. The number of nitrogens with zero attached hydrogens (tertiary/aromatic N) is 3. The summed E-state index contributed by atoms with van der Waals surface area (Å²) in [5.74, 6) is 1.01. The number of aromatic nitrogens is 2. The molecular weight excluding hydrogens is 228 g/mol. The van der Waals surface area contributed by atoms with E-state index in [1.165, 1.54) is 0 Å². The maximum absolute atomic E-state index is 9.10. The molecule has 0 saturated carbocycles. The van der Waals surface area contributed by atoms with Gasteiger partial charge in [0.05, 0.1) is 12.8 Å². The molecule has 0 saturated heterocycles. The summed E-state index contributed by atoms with van der Waals surface area (Å²) in [6, 6.07) is 9.51. The Hall–Kier alpha value is -2.48. The Morgan fingerprint density at radius 1 is 1.44 bits per heavy atom. The Morgan fingerprint density at radius 3 is 2.72 bits per heavy atom. The van der Waals surface area contributed by atoms with Crippen molar-refractivity contribution in [2.75, 3.05) is 12.8 Å². The minimum absolute atomic E-state index is 0.346. The van der Waals surface area contributed by atoms with E-state index >= 15 is 0 Å². The molecule has 0 aliphatic heterocycles. The molecule has 0 unspecified atom stereocenters. The van der Waals surface area contributed by atoms with Crippen molar-refractivity contribution in [2.24, 2.45) is 0 Å². The maximum Gasteiger partial charge on any atom is 0.145 e. The van der Waals surface area contributed by atoms with Gasteiger partial charge in [-0.3, -0.25) is 0 Å². The second-order valence-corrected chi connectivity index (χ2v) is 3.76. The lowest BCUT2D eigenvalue weighted by atomic mass is 10.2. The molecule has 0 bridgehead atoms. The summed E-state index contributed by atoms with van der Waals surface area (Å²) in [6.07, 6.45) is 0.662. The first-order chi connectivity index (χ1) is 8.72. The molecule has 5 nitrogen and oxygen atoms in total. The molecule has 5 heteroatoms. The minimum atomic E-state index is 0.346. The first-order valence-corrected chi connectivity index (χ1v) is 5.63. The highest BCUT2D eigenvalue weighted by atomic mass is 16.5. The average Bonchev–Trinajstić information content (AvgIpc) is 2.74. The van der Waals surface area contributed by atoms with Crippen LogP contribution in [0.2, 0.25) is 0 Å². The number of methoxy groups -OCH3 is 1. The van der Waals surface area contributed by atoms with Gasteiger partial charge in [-0.15, -0.1) is 0 Å². The van der Waals surface area contributed by atoms with E-state index in [2.05, 4.69) is 11.2 Å². The molecule has 0 atom stereocenters. The van der Waals surface area contributed by atoms with E-state index in [0.717, 1.165) is 5.69 Å². The smallest absolute Gasteiger partial charge is 0.145 e. The summed E-state index contributed by atoms with van der Waals surface area (Å²) in [4.78, 5) is 0. The molecule has 92 valence electrons. The van der Waals surface area contributed by atoms with Crippen molar-refractivity contribution < 1.29 is 4.74 Å². The van der Waals surface area contributed by atoms with Crippen molar-refractivity contribution in [1.82, 2.24) is 9.78 Å². The van der Waals surface area contributed by atoms with Crippen LogP contribution in [0.5, 0.6) is 5.75 Å². The van der Waals surface area contributed by atoms with Crippen molar-refractivity contribution in [3.8, 4) is 17.5 Å². The summed E-state index contributed by atoms with van der Waals surface area (Å²) in [6.45, 7) is 1.94. The van der Waals surface area contributed by atoms with Crippen molar-refractivity contribution in [3.05, 3.63) is 35.5 Å². The van der Waals surface area contributed by atoms with Crippen LogP contribution in [0.25, 0.3) is 5.69 Å². The van der Waals surface area contributed by atoms with Gasteiger partial charge in [-0.05, 0) is 18.6 Å². The van der Waals surface area contributed by atoms with Gasteiger partial charge in [-0.2, -0.15) is 10.4 Å². The van der Waals surface area contributed by atoms with Gasteiger partial charge in [0.25, 0.3) is 0 Å². The van der Waals surface area contributed by atoms with Crippen molar-refractivity contribution in [1.29, 1.82) is 5.26 Å². The molecule has 0 aliphatic rings. The van der Waals surface area contributed by atoms with Crippen LogP contribution in [0.1, 0.15) is 18.2 Å². The molecule has 0 aliphatic carbocycles. The van der Waals surface area contributed by atoms with E-state index in [-0.39, 0.29) is 0 Å². The van der Waals surface area contributed by atoms with Gasteiger partial charge in [-0.1, -0.05) is 19.1 Å². The van der Waals surface area contributed by atoms with Gasteiger partial charge in [0, 0.05) is 0 Å². The summed E-state index contributed by atoms with van der Waals surface area (Å²) in [7, 11) is 1.59. The number of nitrogens with two attached hydrogens (primary N) is 1. The predicted octanol–water partition coefficient (Wildman–Crippen LogP) is 1.90. The summed E-state index contributed by atoms with van der Waals surface area (Å²) < 4.78 is 6.82. The van der Waals surface area contributed by atoms with E-state index in [9.17, 15) is 0 Å². The number of ether oxygens (including phenoxy) is 1. The second kappa shape index (κ2) is 4.80. The van der Waals surface area contributed by atoms with Crippen LogP contribution in [0, 0.1) is 11.3 Å². The van der Waals surface area contributed by atoms with Crippen LogP contribution in [0.3, 0.4) is 0 Å². The van der Waals surface area contributed by atoms with E-state index in [1.54, 1.807) is 11.8 Å². The van der Waals surface area contributed by atoms with E-state index < -0.39 is 0 Å². The second-order valence-electron chi connectivity index (χ2n) is 3.76. The number of aryl methyl sites for hydroxylation is 1. The highest BCUT2D eigenvalue weighted by Gasteiger charge is 2.17. The Kier molecular flexibility index (Phi) is 3.20. The van der Waals surface area contributed by atoms with Crippen LogP contribution in [-0.4, -0.2) is 16.9 Å². The number of nitrogen functional groups attached to an aromatic ring is 1. The zero-order chi connectivity index (χ0) is 13.1. The van der Waals surface area contributed by atoms with Gasteiger partial charge < -0.3 is 10.5 Å². The Morgan fingerprint density at radius 2 is 2.17 bits per heavy atom. The molecule has 2 rings (SSSR count). The lowest BCUT2D eigenvalue weighted by Gasteiger charge is -2.09. The predicted molar refractivity (Wildman–Crippen MR) is 68.6 cm³/mol. The Labute approximate surface area is 105 Å². The quantitative estimate of drug-likeness (QED) is 0.891. The minimum Gasteiger partial charge on any atom is -0.494 e. The van der Waals surface area contributed by atoms with Crippen molar-refractivity contribution in [2.45, 2.75) is 13.3 Å². The van der Waals surface area contributed by atoms with E-state index in [1.807, 2.05) is 31.2 Å². The largest absolute Gasteiger partial charge is 0.494 e. The molecule has 0 fully saturated rings. The number of para-hydroxylation sites is 2. The lowest BCUT2D eigenvalue weighted by molar-refractivity contribution is 0.412. The topological polar surface area (TPSA) is 76.9 Å². The Bertz CT molecular complexity index is 610. The van der Waals surface area contributed by atoms with Crippen molar-refractivity contribution >= 4 is 5.82 Å². The first kappa shape index (κ1) is 12.0. The molecule has 0 spiro atoms. The van der Waals surface area contributed by atoms with Gasteiger partial charge >= 0.3 is 0 Å². The van der Waals surface area contributed by atoms with Gasteiger partial charge in [-0.25, -0.2) is 4.68 Å². The van der Waals surface area contributed by atoms with Crippen LogP contribution < -0.4 is 10.5 Å². The number of hydrogen-bond donors (Lipinski definition) is 1. The zero-order valence-electron chi connectivity index (χ0n) is 10.3. The van der Waals surface area contributed by atoms with E-state index in [4.69, 9.17) is 15.7 Å². The third-order valence-corrected chi connectivity index (χ3v) is 2.75. The third-order valence-electron chi connectivity index (χ3n) is 2.75. The average molecular weight is 242 g/mol. The molecule has 2 aromatic rings. The molecule has 1 aromatic carbocycles. The monoisotopic (exact) mass is 242 g/mol. The number of anilines is 1. The maximum atomic E-state index is 9.10. The Balaban J connectivity index is 2.65. The molecule has 2 N–H and O–H groups in total. The molecule has 0 radical (unpaired) electrons. The van der Waals surface area contributed by atoms with Crippen LogP contribution in [-0.2, 0) is 6.42 Å². The van der Waals surface area contributed by atoms with Gasteiger partial charge in [0.2, 0.25) is 0 Å². The fraction of sp³-hybridized carbons (Fsp3) is 0.231. The number of rotatable bonds is 3. The van der Waals surface area contributed by atoms with Gasteiger partial charge in [0.15, 0.2) is 0 Å². The molecule has 1 heterocycles. The molecule has 0 amide bonds. The number of nitriles is 1. The fourth-order valence-electron chi connectivity index (χ4n) is 1.84. The van der Waals surface area contributed by atoms with Crippen LogP contribution in [0.4, 0.5) is 5.82 Å². The highest BCUT2D eigenvalue weighted by Crippen LogP contribution is 2.27. The van der Waals surface area contributed by atoms with Crippen LogP contribution >= 0.6 is 0 Å². The highest BCUT2D eigenvalue weighted by molar-refractivity contribution is 5.59. The summed E-state index contributed by atoms with van der Waals surface area (Å²) >= 11 is 0. The van der Waals surface area contributed by atoms with Crippen LogP contribution in [0.15, 0.2) is 24.3 Å². The summed E-state index contributed by atoms with van der Waals surface area (Å²) in [5.41, 5.74) is 7.83. The van der Waals surface area contributed by atoms with Crippen molar-refractivity contribution in [3.63, 3.8) is 0 Å². The third kappa shape index (κ3) is 1.78. The normalized spacial score (nSPS) is 10.1. The molecule has 1 aromatic heterocycles. The number of benzene rings is 1. The molecule has 18 heavy (non-hydrogen) atoms. The summed E-state index contributed by atoms with van der Waals surface area (Å²) in [5, 5.41) is 13.5. The zero-order valence-corrected chi connectivity index (χ0v) is 10.3. The van der Waals surface area contributed by atoms with E-state index in [0.29, 0.717) is 29.2 Å². The number of hydrogen-bond acceptors (Lipinski definition) is 4. The SMILES string of the molecule is CCc1nn(-c2ccccc2OC)c(N)c1C#N. The van der Waals surface area contributed by atoms with Gasteiger partial charge in [0.1, 0.15) is 28.9 Å². The standard InChI is InChI=1S/C13H14N4O/c1-3-10-9(8-14)13(15)17(16-10)11-6-4-5-7-12(11)18-2/h4-7H,3,15H2,1-2H3.